The van der Waals surface area contributed by atoms with Gasteiger partial charge in [0.1, 0.15) is 6.04 Å². The molecule has 8 nitrogen and oxygen atoms in total. The molecule has 0 saturated carbocycles. The van der Waals surface area contributed by atoms with Gasteiger partial charge in [-0.05, 0) is 47.1 Å². The highest BCUT2D eigenvalue weighted by Gasteiger charge is 2.27. The maximum Gasteiger partial charge on any atom is 0.336 e. The minimum absolute atomic E-state index is 0.171. The fraction of sp³-hybridized carbons (Fsp3) is 0.321. The van der Waals surface area contributed by atoms with E-state index in [1.165, 1.54) is 5.56 Å². The highest BCUT2D eigenvalue weighted by atomic mass is 16.5. The summed E-state index contributed by atoms with van der Waals surface area (Å²) in [4.78, 5) is 38.3. The Morgan fingerprint density at radius 2 is 1.78 bits per heavy atom. The number of carboxylic acids is 1. The molecule has 36 heavy (non-hydrogen) atoms. The molecule has 186 valence electrons. The Kier molecular flexibility index (Phi) is 6.97. The van der Waals surface area contributed by atoms with E-state index in [1.54, 1.807) is 12.1 Å². The van der Waals surface area contributed by atoms with E-state index in [4.69, 9.17) is 4.74 Å². The number of carboxylic acid groups (broad SMARTS) is 1. The Balaban J connectivity index is 1.41. The van der Waals surface area contributed by atoms with Crippen molar-refractivity contribution in [2.75, 3.05) is 31.6 Å². The summed E-state index contributed by atoms with van der Waals surface area (Å²) in [7, 11) is 0. The molecule has 2 aliphatic rings. The second-order valence-corrected chi connectivity index (χ2v) is 9.34. The van der Waals surface area contributed by atoms with Crippen molar-refractivity contribution >= 4 is 34.2 Å². The molecule has 3 N–H and O–H groups in total. The second-order valence-electron chi connectivity index (χ2n) is 9.34. The second kappa shape index (κ2) is 10.5. The molecule has 0 aliphatic carbocycles. The number of morpholine rings is 1. The van der Waals surface area contributed by atoms with Crippen LogP contribution in [0.3, 0.4) is 0 Å². The van der Waals surface area contributed by atoms with Crippen LogP contribution in [0.5, 0.6) is 0 Å². The Labute approximate surface area is 209 Å². The summed E-state index contributed by atoms with van der Waals surface area (Å²) in [6.07, 6.45) is 1.25. The Morgan fingerprint density at radius 1 is 1.03 bits per heavy atom. The predicted octanol–water partition coefficient (Wildman–Crippen LogP) is 3.18. The molecule has 8 heteroatoms. The Hall–Kier alpha value is -3.75. The zero-order valence-corrected chi connectivity index (χ0v) is 20.0. The van der Waals surface area contributed by atoms with Gasteiger partial charge < -0.3 is 15.2 Å². The van der Waals surface area contributed by atoms with Crippen molar-refractivity contribution in [3.8, 4) is 0 Å². The first-order valence-electron chi connectivity index (χ1n) is 12.2. The van der Waals surface area contributed by atoms with E-state index < -0.39 is 17.9 Å². The van der Waals surface area contributed by atoms with Gasteiger partial charge in [0.05, 0.1) is 18.8 Å². The van der Waals surface area contributed by atoms with E-state index in [0.29, 0.717) is 23.9 Å². The number of aromatic carboxylic acids is 1. The first-order chi connectivity index (χ1) is 17.5. The summed E-state index contributed by atoms with van der Waals surface area (Å²) >= 11 is 0. The van der Waals surface area contributed by atoms with Gasteiger partial charge in [0.2, 0.25) is 11.8 Å². The molecule has 3 aromatic carbocycles. The van der Waals surface area contributed by atoms with Crippen LogP contribution in [0.1, 0.15) is 39.9 Å². The number of anilines is 1. The van der Waals surface area contributed by atoms with Crippen LogP contribution in [-0.4, -0.2) is 60.1 Å². The number of fused-ring (bicyclic) bond motifs is 1. The maximum absolute atomic E-state index is 12.3. The van der Waals surface area contributed by atoms with Gasteiger partial charge in [0.25, 0.3) is 0 Å². The van der Waals surface area contributed by atoms with Crippen molar-refractivity contribution in [2.45, 2.75) is 31.8 Å². The van der Waals surface area contributed by atoms with Crippen LogP contribution in [0, 0.1) is 0 Å². The number of carbonyl (C=O) groups excluding carboxylic acids is 2. The lowest BCUT2D eigenvalue weighted by molar-refractivity contribution is -0.133. The van der Waals surface area contributed by atoms with Crippen LogP contribution in [0.15, 0.2) is 54.6 Å². The molecule has 0 radical (unpaired) electrons. The van der Waals surface area contributed by atoms with Crippen LogP contribution in [0.2, 0.25) is 0 Å². The third-order valence-corrected chi connectivity index (χ3v) is 6.86. The first kappa shape index (κ1) is 24.0. The third kappa shape index (κ3) is 5.24. The average Bonchev–Trinajstić information content (AvgIpc) is 2.88. The monoisotopic (exact) mass is 487 g/mol. The number of imide groups is 1. The molecule has 2 amide bonds. The van der Waals surface area contributed by atoms with E-state index in [1.807, 2.05) is 18.2 Å². The summed E-state index contributed by atoms with van der Waals surface area (Å²) in [5.41, 5.74) is 4.13. The van der Waals surface area contributed by atoms with Gasteiger partial charge in [-0.25, -0.2) is 4.79 Å². The van der Waals surface area contributed by atoms with E-state index in [0.717, 1.165) is 49.4 Å². The fourth-order valence-corrected chi connectivity index (χ4v) is 4.94. The molecule has 2 fully saturated rings. The topological polar surface area (TPSA) is 108 Å². The smallest absolute Gasteiger partial charge is 0.336 e. The molecular formula is C28H29N3O5. The summed E-state index contributed by atoms with van der Waals surface area (Å²) < 4.78 is 5.43. The van der Waals surface area contributed by atoms with Crippen molar-refractivity contribution in [3.05, 3.63) is 76.9 Å². The molecule has 0 aromatic heterocycles. The zero-order valence-electron chi connectivity index (χ0n) is 20.0. The number of hydrogen-bond acceptors (Lipinski definition) is 6. The summed E-state index contributed by atoms with van der Waals surface area (Å²) in [5, 5.41) is 16.8. The lowest BCUT2D eigenvalue weighted by Crippen LogP contribution is -2.47. The maximum atomic E-state index is 12.3. The number of nitrogens with zero attached hydrogens (tertiary/aromatic N) is 1. The predicted molar refractivity (Wildman–Crippen MR) is 136 cm³/mol. The molecule has 0 spiro atoms. The SMILES string of the molecule is O=C1CCC(Nc2ccc(Cc3ccc(CN4CCOCC4)cc3)c3cccc(C(=O)O)c23)C(=O)N1. The quantitative estimate of drug-likeness (QED) is 0.439. The summed E-state index contributed by atoms with van der Waals surface area (Å²) in [6, 6.07) is 17.0. The van der Waals surface area contributed by atoms with Gasteiger partial charge in [-0.15, -0.1) is 0 Å². The van der Waals surface area contributed by atoms with Crippen LogP contribution in [0.25, 0.3) is 10.8 Å². The van der Waals surface area contributed by atoms with Crippen molar-refractivity contribution in [1.82, 2.24) is 10.2 Å². The fourth-order valence-electron chi connectivity index (χ4n) is 4.94. The van der Waals surface area contributed by atoms with E-state index in [-0.39, 0.29) is 17.9 Å². The van der Waals surface area contributed by atoms with Crippen LogP contribution < -0.4 is 10.6 Å². The largest absolute Gasteiger partial charge is 0.478 e. The first-order valence-corrected chi connectivity index (χ1v) is 12.2. The summed E-state index contributed by atoms with van der Waals surface area (Å²) in [6.45, 7) is 4.34. The number of ether oxygens (including phenoxy) is 1. The van der Waals surface area contributed by atoms with Gasteiger partial charge in [-0.3, -0.25) is 19.8 Å². The lowest BCUT2D eigenvalue weighted by Gasteiger charge is -2.26. The minimum Gasteiger partial charge on any atom is -0.478 e. The number of nitrogens with one attached hydrogen (secondary N) is 2. The number of hydrogen-bond donors (Lipinski definition) is 3. The van der Waals surface area contributed by atoms with Crippen LogP contribution >= 0.6 is 0 Å². The van der Waals surface area contributed by atoms with E-state index in [9.17, 15) is 19.5 Å². The van der Waals surface area contributed by atoms with Crippen LogP contribution in [-0.2, 0) is 27.3 Å². The number of piperidine rings is 1. The average molecular weight is 488 g/mol. The van der Waals surface area contributed by atoms with Gasteiger partial charge in [0.15, 0.2) is 0 Å². The molecule has 5 rings (SSSR count). The van der Waals surface area contributed by atoms with Gasteiger partial charge in [-0.2, -0.15) is 0 Å². The number of rotatable bonds is 7. The molecule has 2 saturated heterocycles. The molecule has 2 aliphatic heterocycles. The molecule has 2 heterocycles. The van der Waals surface area contributed by atoms with Crippen molar-refractivity contribution in [2.24, 2.45) is 0 Å². The Bertz CT molecular complexity index is 1300. The minimum atomic E-state index is -1.03. The molecule has 1 unspecified atom stereocenters. The standard InChI is InChI=1S/C28H29N3O5/c32-25-11-10-24(27(33)30-25)29-23-9-8-20(21-2-1-3-22(26(21)23)28(34)35)16-18-4-6-19(7-5-18)17-31-12-14-36-15-13-31/h1-9,24,29H,10-17H2,(H,34,35)(H,30,32,33). The zero-order chi connectivity index (χ0) is 25.1. The third-order valence-electron chi connectivity index (χ3n) is 6.86. The number of benzene rings is 3. The Morgan fingerprint density at radius 3 is 2.50 bits per heavy atom. The number of amides is 2. The van der Waals surface area contributed by atoms with Gasteiger partial charge in [0, 0.05) is 37.1 Å². The molecule has 1 atom stereocenters. The van der Waals surface area contributed by atoms with Crippen molar-refractivity contribution in [1.29, 1.82) is 0 Å². The van der Waals surface area contributed by atoms with Gasteiger partial charge in [-0.1, -0.05) is 42.5 Å². The molecular weight excluding hydrogens is 458 g/mol. The number of carbonyl (C=O) groups is 3. The van der Waals surface area contributed by atoms with Crippen LogP contribution in [0.4, 0.5) is 5.69 Å². The highest BCUT2D eigenvalue weighted by molar-refractivity contribution is 6.11. The lowest BCUT2D eigenvalue weighted by atomic mass is 9.93. The van der Waals surface area contributed by atoms with Crippen molar-refractivity contribution in [3.63, 3.8) is 0 Å². The van der Waals surface area contributed by atoms with Gasteiger partial charge >= 0.3 is 5.97 Å². The van der Waals surface area contributed by atoms with Crippen molar-refractivity contribution < 1.29 is 24.2 Å². The van der Waals surface area contributed by atoms with E-state index >= 15 is 0 Å². The molecule has 3 aromatic rings. The van der Waals surface area contributed by atoms with E-state index in [2.05, 4.69) is 39.8 Å². The normalized spacial score (nSPS) is 18.7. The molecule has 0 bridgehead atoms. The summed E-state index contributed by atoms with van der Waals surface area (Å²) in [5.74, 6) is -1.72. The highest BCUT2D eigenvalue weighted by Crippen LogP contribution is 2.32.